The number of ether oxygens (including phenoxy) is 2. The number of hydrogen-bond donors (Lipinski definition) is 2. The molecule has 0 aliphatic carbocycles. The van der Waals surface area contributed by atoms with Gasteiger partial charge in [0.15, 0.2) is 0 Å². The van der Waals surface area contributed by atoms with E-state index in [4.69, 9.17) is 20.0 Å². The number of primary amides is 1. The molecule has 1 aliphatic rings. The highest BCUT2D eigenvalue weighted by atomic mass is 16.6. The van der Waals surface area contributed by atoms with Crippen molar-refractivity contribution in [3.63, 3.8) is 0 Å². The molecule has 1 atom stereocenters. The van der Waals surface area contributed by atoms with Crippen molar-refractivity contribution in [2.45, 2.75) is 32.9 Å². The Morgan fingerprint density at radius 2 is 2.35 bits per heavy atom. The summed E-state index contributed by atoms with van der Waals surface area (Å²) >= 11 is 0. The molecule has 6 heteroatoms. The minimum Gasteiger partial charge on any atom is -0.494 e. The van der Waals surface area contributed by atoms with E-state index in [1.54, 1.807) is 0 Å². The second kappa shape index (κ2) is 6.58. The van der Waals surface area contributed by atoms with Crippen molar-refractivity contribution >= 4 is 5.91 Å². The summed E-state index contributed by atoms with van der Waals surface area (Å²) in [6.07, 6.45) is 1.08. The van der Waals surface area contributed by atoms with Gasteiger partial charge in [0.2, 0.25) is 5.91 Å². The Labute approximate surface area is 118 Å². The number of nitrogens with one attached hydrogen (secondary N) is 1. The molecule has 1 aromatic carbocycles. The number of amides is 1. The lowest BCUT2D eigenvalue weighted by Crippen LogP contribution is -2.24. The molecule has 0 saturated heterocycles. The van der Waals surface area contributed by atoms with Gasteiger partial charge in [-0.2, -0.15) is 5.48 Å². The molecule has 3 N–H and O–H groups in total. The molecule has 1 aliphatic heterocycles. The monoisotopic (exact) mass is 280 g/mol. The Morgan fingerprint density at radius 3 is 3.05 bits per heavy atom. The lowest BCUT2D eigenvalue weighted by atomic mass is 10.1. The van der Waals surface area contributed by atoms with Crippen LogP contribution in [0.25, 0.3) is 0 Å². The van der Waals surface area contributed by atoms with Gasteiger partial charge >= 0.3 is 0 Å². The zero-order chi connectivity index (χ0) is 14.5. The molecule has 0 fully saturated rings. The van der Waals surface area contributed by atoms with Crippen molar-refractivity contribution in [3.8, 4) is 11.5 Å². The Morgan fingerprint density at radius 1 is 1.55 bits per heavy atom. The number of benzene rings is 1. The molecule has 1 aromatic rings. The number of hydrogen-bond acceptors (Lipinski definition) is 5. The second-order valence-corrected chi connectivity index (χ2v) is 4.71. The second-order valence-electron chi connectivity index (χ2n) is 4.71. The average Bonchev–Trinajstić information content (AvgIpc) is 2.74. The quantitative estimate of drug-likeness (QED) is 0.573. The molecule has 110 valence electrons. The van der Waals surface area contributed by atoms with Crippen LogP contribution >= 0.6 is 0 Å². The predicted molar refractivity (Wildman–Crippen MR) is 73.4 cm³/mol. The van der Waals surface area contributed by atoms with Crippen LogP contribution in [0.15, 0.2) is 12.1 Å². The van der Waals surface area contributed by atoms with Crippen LogP contribution in [-0.2, 0) is 22.6 Å². The summed E-state index contributed by atoms with van der Waals surface area (Å²) < 4.78 is 11.4. The molecule has 0 saturated carbocycles. The normalized spacial score (nSPS) is 16.6. The van der Waals surface area contributed by atoms with Crippen LogP contribution in [0.4, 0.5) is 0 Å². The Kier molecular flexibility index (Phi) is 4.81. The predicted octanol–water partition coefficient (Wildman–Crippen LogP) is 0.915. The van der Waals surface area contributed by atoms with Gasteiger partial charge in [-0.05, 0) is 26.0 Å². The van der Waals surface area contributed by atoms with Crippen LogP contribution < -0.4 is 20.7 Å². The molecule has 20 heavy (non-hydrogen) atoms. The molecule has 1 amide bonds. The van der Waals surface area contributed by atoms with E-state index in [1.165, 1.54) is 0 Å². The third-order valence-electron chi connectivity index (χ3n) is 2.96. The largest absolute Gasteiger partial charge is 0.494 e. The number of hydroxylamine groups is 1. The van der Waals surface area contributed by atoms with Crippen LogP contribution in [0.3, 0.4) is 0 Å². The molecule has 6 nitrogen and oxygen atoms in total. The standard InChI is InChI=1S/C14H20N2O4/c1-3-18-12-5-10-4-9(2)20-13(10)6-11(12)7-16-19-8-14(15)17/h5-6,9,16H,3-4,7-8H2,1-2H3,(H2,15,17). The first-order chi connectivity index (χ1) is 9.60. The fraction of sp³-hybridized carbons (Fsp3) is 0.500. The maximum Gasteiger partial charge on any atom is 0.245 e. The fourth-order valence-electron chi connectivity index (χ4n) is 2.16. The maximum atomic E-state index is 10.6. The summed E-state index contributed by atoms with van der Waals surface area (Å²) in [5.74, 6) is 1.17. The van der Waals surface area contributed by atoms with E-state index in [0.29, 0.717) is 13.2 Å². The van der Waals surface area contributed by atoms with Gasteiger partial charge in [-0.3, -0.25) is 9.63 Å². The summed E-state index contributed by atoms with van der Waals surface area (Å²) in [5, 5.41) is 0. The molecule has 1 unspecified atom stereocenters. The van der Waals surface area contributed by atoms with Crippen LogP contribution in [0.5, 0.6) is 11.5 Å². The van der Waals surface area contributed by atoms with E-state index >= 15 is 0 Å². The van der Waals surface area contributed by atoms with Crippen LogP contribution in [0.1, 0.15) is 25.0 Å². The average molecular weight is 280 g/mol. The van der Waals surface area contributed by atoms with Crippen molar-refractivity contribution in [2.24, 2.45) is 5.73 Å². The van der Waals surface area contributed by atoms with E-state index in [2.05, 4.69) is 5.48 Å². The molecule has 0 bridgehead atoms. The Bertz CT molecular complexity index is 490. The van der Waals surface area contributed by atoms with Gasteiger partial charge in [0.05, 0.1) is 6.61 Å². The van der Waals surface area contributed by atoms with Crippen LogP contribution in [-0.4, -0.2) is 25.2 Å². The van der Waals surface area contributed by atoms with E-state index < -0.39 is 5.91 Å². The van der Waals surface area contributed by atoms with Gasteiger partial charge in [-0.25, -0.2) is 0 Å². The summed E-state index contributed by atoms with van der Waals surface area (Å²) in [4.78, 5) is 15.5. The molecule has 1 heterocycles. The number of rotatable bonds is 7. The van der Waals surface area contributed by atoms with Gasteiger partial charge in [0, 0.05) is 24.1 Å². The summed E-state index contributed by atoms with van der Waals surface area (Å²) in [7, 11) is 0. The van der Waals surface area contributed by atoms with Gasteiger partial charge < -0.3 is 15.2 Å². The Hall–Kier alpha value is -1.79. The van der Waals surface area contributed by atoms with Gasteiger partial charge in [0.1, 0.15) is 24.2 Å². The highest BCUT2D eigenvalue weighted by Crippen LogP contribution is 2.35. The first-order valence-electron chi connectivity index (χ1n) is 6.68. The summed E-state index contributed by atoms with van der Waals surface area (Å²) in [6, 6.07) is 3.96. The number of carbonyl (C=O) groups is 1. The molecule has 2 rings (SSSR count). The van der Waals surface area contributed by atoms with E-state index in [1.807, 2.05) is 26.0 Å². The molecular formula is C14H20N2O4. The van der Waals surface area contributed by atoms with E-state index in [0.717, 1.165) is 29.0 Å². The zero-order valence-corrected chi connectivity index (χ0v) is 11.8. The number of nitrogens with two attached hydrogens (primary N) is 1. The maximum absolute atomic E-state index is 10.6. The molecular weight excluding hydrogens is 260 g/mol. The molecule has 0 aromatic heterocycles. The minimum absolute atomic E-state index is 0.164. The SMILES string of the molecule is CCOc1cc2c(cc1CNOCC(N)=O)OC(C)C2. The first-order valence-corrected chi connectivity index (χ1v) is 6.68. The van der Waals surface area contributed by atoms with Gasteiger partial charge in [0.25, 0.3) is 0 Å². The summed E-state index contributed by atoms with van der Waals surface area (Å²) in [6.45, 7) is 4.81. The van der Waals surface area contributed by atoms with Crippen molar-refractivity contribution < 1.29 is 19.1 Å². The van der Waals surface area contributed by atoms with Crippen molar-refractivity contribution in [2.75, 3.05) is 13.2 Å². The first kappa shape index (κ1) is 14.6. The van der Waals surface area contributed by atoms with Crippen molar-refractivity contribution in [1.82, 2.24) is 5.48 Å². The third-order valence-corrected chi connectivity index (χ3v) is 2.96. The highest BCUT2D eigenvalue weighted by molar-refractivity contribution is 5.74. The lowest BCUT2D eigenvalue weighted by Gasteiger charge is -2.13. The molecule has 0 radical (unpaired) electrons. The fourth-order valence-corrected chi connectivity index (χ4v) is 2.16. The topological polar surface area (TPSA) is 82.8 Å². The van der Waals surface area contributed by atoms with Crippen molar-refractivity contribution in [3.05, 3.63) is 23.3 Å². The highest BCUT2D eigenvalue weighted by Gasteiger charge is 2.21. The summed E-state index contributed by atoms with van der Waals surface area (Å²) in [5.41, 5.74) is 9.76. The zero-order valence-electron chi connectivity index (χ0n) is 11.8. The molecule has 0 spiro atoms. The van der Waals surface area contributed by atoms with Gasteiger partial charge in [-0.1, -0.05) is 0 Å². The third kappa shape index (κ3) is 3.61. The minimum atomic E-state index is -0.520. The van der Waals surface area contributed by atoms with E-state index in [9.17, 15) is 4.79 Å². The van der Waals surface area contributed by atoms with Crippen LogP contribution in [0.2, 0.25) is 0 Å². The lowest BCUT2D eigenvalue weighted by molar-refractivity contribution is -0.125. The smallest absolute Gasteiger partial charge is 0.245 e. The number of fused-ring (bicyclic) bond motifs is 1. The Balaban J connectivity index is 2.06. The van der Waals surface area contributed by atoms with Crippen LogP contribution in [0, 0.1) is 0 Å². The van der Waals surface area contributed by atoms with E-state index in [-0.39, 0.29) is 12.7 Å². The van der Waals surface area contributed by atoms with Crippen molar-refractivity contribution in [1.29, 1.82) is 0 Å². The van der Waals surface area contributed by atoms with Gasteiger partial charge in [-0.15, -0.1) is 0 Å². The number of carbonyl (C=O) groups excluding carboxylic acids is 1.